The highest BCUT2D eigenvalue weighted by Gasteiger charge is 2.18. The van der Waals surface area contributed by atoms with E-state index in [1.54, 1.807) is 53.1 Å². The van der Waals surface area contributed by atoms with Crippen LogP contribution < -0.4 is 10.7 Å². The van der Waals surface area contributed by atoms with Crippen LogP contribution in [0.5, 0.6) is 0 Å². The van der Waals surface area contributed by atoms with Crippen molar-refractivity contribution < 1.29 is 9.59 Å². The Bertz CT molecular complexity index is 1420. The van der Waals surface area contributed by atoms with Crippen molar-refractivity contribution in [1.82, 2.24) is 4.57 Å². The molecule has 0 radical (unpaired) electrons. The molecule has 0 aliphatic carbocycles. The lowest BCUT2D eigenvalue weighted by Gasteiger charge is -2.14. The molecule has 0 aliphatic heterocycles. The van der Waals surface area contributed by atoms with E-state index in [1.807, 2.05) is 32.0 Å². The van der Waals surface area contributed by atoms with E-state index in [0.717, 1.165) is 17.5 Å². The smallest absolute Gasteiger partial charge is 0.244 e. The maximum Gasteiger partial charge on any atom is 0.244 e. The summed E-state index contributed by atoms with van der Waals surface area (Å²) in [5.74, 6) is -0.663. The van der Waals surface area contributed by atoms with Gasteiger partial charge < -0.3 is 9.88 Å². The number of nitrogens with one attached hydrogen (secondary N) is 1. The van der Waals surface area contributed by atoms with Crippen molar-refractivity contribution in [1.29, 1.82) is 0 Å². The molecule has 1 aromatic heterocycles. The van der Waals surface area contributed by atoms with Crippen LogP contribution in [0.15, 0.2) is 77.7 Å². The molecule has 4 rings (SSSR count). The Hall–Kier alpha value is -3.70. The molecular weight excluding hydrogens is 436 g/mol. The van der Waals surface area contributed by atoms with Crippen LogP contribution in [0, 0.1) is 6.92 Å². The number of hydrogen-bond acceptors (Lipinski definition) is 3. The van der Waals surface area contributed by atoms with Crippen LogP contribution in [0.1, 0.15) is 34.0 Å². The van der Waals surface area contributed by atoms with E-state index >= 15 is 0 Å². The van der Waals surface area contributed by atoms with Gasteiger partial charge in [0.05, 0.1) is 11.1 Å². The molecule has 6 heteroatoms. The topological polar surface area (TPSA) is 68.2 Å². The Morgan fingerprint density at radius 3 is 2.45 bits per heavy atom. The van der Waals surface area contributed by atoms with Gasteiger partial charge in [0.2, 0.25) is 11.3 Å². The molecule has 0 unspecified atom stereocenters. The standard InChI is InChI=1S/C27H23ClN2O3/c1-3-18-8-10-19(11-9-18)26(32)23-15-30(24-12-7-17(2)13-22(24)27(23)33)16-25(31)29-21-6-4-5-20(28)14-21/h4-15H,3,16H2,1-2H3,(H,29,31). The number of carbonyl (C=O) groups excluding carboxylic acids is 2. The molecule has 5 nitrogen and oxygen atoms in total. The van der Waals surface area contributed by atoms with Gasteiger partial charge in [0, 0.05) is 27.9 Å². The fraction of sp³-hybridized carbons (Fsp3) is 0.148. The Morgan fingerprint density at radius 1 is 1.00 bits per heavy atom. The van der Waals surface area contributed by atoms with Gasteiger partial charge in [-0.2, -0.15) is 0 Å². The van der Waals surface area contributed by atoms with E-state index in [-0.39, 0.29) is 29.2 Å². The van der Waals surface area contributed by atoms with Crippen molar-refractivity contribution in [3.63, 3.8) is 0 Å². The molecular formula is C27H23ClN2O3. The SMILES string of the molecule is CCc1ccc(C(=O)c2cn(CC(=O)Nc3cccc(Cl)c3)c3ccc(C)cc3c2=O)cc1. The maximum absolute atomic E-state index is 13.2. The molecule has 0 saturated carbocycles. The Kier molecular flexibility index (Phi) is 6.43. The van der Waals surface area contributed by atoms with E-state index in [1.165, 1.54) is 6.20 Å². The van der Waals surface area contributed by atoms with Crippen molar-refractivity contribution >= 4 is 39.9 Å². The monoisotopic (exact) mass is 458 g/mol. The minimum absolute atomic E-state index is 0.0351. The van der Waals surface area contributed by atoms with Gasteiger partial charge in [-0.25, -0.2) is 0 Å². The molecule has 0 saturated heterocycles. The highest BCUT2D eigenvalue weighted by molar-refractivity contribution is 6.30. The van der Waals surface area contributed by atoms with Crippen molar-refractivity contribution in [3.05, 3.63) is 110 Å². The van der Waals surface area contributed by atoms with Crippen LogP contribution in [0.2, 0.25) is 5.02 Å². The predicted octanol–water partition coefficient (Wildman–Crippen LogP) is 5.40. The average molecular weight is 459 g/mol. The van der Waals surface area contributed by atoms with E-state index in [4.69, 9.17) is 11.6 Å². The fourth-order valence-corrected chi connectivity index (χ4v) is 3.96. The summed E-state index contributed by atoms with van der Waals surface area (Å²) in [6, 6.07) is 19.5. The first kappa shape index (κ1) is 22.5. The second kappa shape index (κ2) is 9.43. The summed E-state index contributed by atoms with van der Waals surface area (Å²) in [4.78, 5) is 39.2. The highest BCUT2D eigenvalue weighted by Crippen LogP contribution is 2.18. The number of rotatable bonds is 6. The van der Waals surface area contributed by atoms with Crippen molar-refractivity contribution in [3.8, 4) is 0 Å². The number of halogens is 1. The van der Waals surface area contributed by atoms with E-state index in [0.29, 0.717) is 27.2 Å². The summed E-state index contributed by atoms with van der Waals surface area (Å²) in [6.45, 7) is 3.85. The van der Waals surface area contributed by atoms with Crippen LogP contribution in [0.3, 0.4) is 0 Å². The van der Waals surface area contributed by atoms with Crippen LogP contribution in [0.4, 0.5) is 5.69 Å². The second-order valence-electron chi connectivity index (χ2n) is 7.96. The molecule has 0 fully saturated rings. The third-order valence-corrected chi connectivity index (χ3v) is 5.76. The number of benzene rings is 3. The third kappa shape index (κ3) is 4.89. The molecule has 1 heterocycles. The number of nitrogens with zero attached hydrogens (tertiary/aromatic N) is 1. The van der Waals surface area contributed by atoms with Crippen molar-refractivity contribution in [2.45, 2.75) is 26.8 Å². The van der Waals surface area contributed by atoms with E-state index in [2.05, 4.69) is 5.32 Å². The molecule has 0 atom stereocenters. The quantitative estimate of drug-likeness (QED) is 0.393. The number of carbonyl (C=O) groups is 2. The first-order valence-electron chi connectivity index (χ1n) is 10.7. The van der Waals surface area contributed by atoms with E-state index in [9.17, 15) is 14.4 Å². The lowest BCUT2D eigenvalue weighted by atomic mass is 10.00. The summed E-state index contributed by atoms with van der Waals surface area (Å²) in [5, 5.41) is 3.72. The van der Waals surface area contributed by atoms with Gasteiger partial charge >= 0.3 is 0 Å². The van der Waals surface area contributed by atoms with Crippen molar-refractivity contribution in [2.24, 2.45) is 0 Å². The van der Waals surface area contributed by atoms with Gasteiger partial charge in [0.15, 0.2) is 5.78 Å². The zero-order valence-corrected chi connectivity index (χ0v) is 19.1. The first-order chi connectivity index (χ1) is 15.9. The molecule has 0 aliphatic rings. The summed E-state index contributed by atoms with van der Waals surface area (Å²) >= 11 is 6.00. The minimum atomic E-state index is -0.366. The van der Waals surface area contributed by atoms with Gasteiger partial charge in [-0.3, -0.25) is 14.4 Å². The number of amides is 1. The maximum atomic E-state index is 13.2. The van der Waals surface area contributed by atoms with Gasteiger partial charge in [-0.05, 0) is 49.2 Å². The second-order valence-corrected chi connectivity index (χ2v) is 8.39. The normalized spacial score (nSPS) is 10.9. The molecule has 1 N–H and O–H groups in total. The number of aromatic nitrogens is 1. The van der Waals surface area contributed by atoms with Crippen LogP contribution in [-0.2, 0) is 17.8 Å². The molecule has 0 spiro atoms. The third-order valence-electron chi connectivity index (χ3n) is 5.53. The number of pyridine rings is 1. The molecule has 4 aromatic rings. The fourth-order valence-electron chi connectivity index (χ4n) is 3.77. The van der Waals surface area contributed by atoms with Crippen LogP contribution in [-0.4, -0.2) is 16.3 Å². The lowest BCUT2D eigenvalue weighted by Crippen LogP contribution is -2.24. The number of hydrogen-bond donors (Lipinski definition) is 1. The van der Waals surface area contributed by atoms with Crippen LogP contribution >= 0.6 is 11.6 Å². The predicted molar refractivity (Wildman–Crippen MR) is 132 cm³/mol. The molecule has 166 valence electrons. The Balaban J connectivity index is 1.75. The molecule has 33 heavy (non-hydrogen) atoms. The van der Waals surface area contributed by atoms with E-state index < -0.39 is 0 Å². The minimum Gasteiger partial charge on any atom is -0.337 e. The zero-order chi connectivity index (χ0) is 23.5. The van der Waals surface area contributed by atoms with Crippen LogP contribution in [0.25, 0.3) is 10.9 Å². The largest absolute Gasteiger partial charge is 0.337 e. The molecule has 1 amide bonds. The van der Waals surface area contributed by atoms with Crippen molar-refractivity contribution in [2.75, 3.05) is 5.32 Å². The number of aryl methyl sites for hydroxylation is 2. The zero-order valence-electron chi connectivity index (χ0n) is 18.4. The molecule has 3 aromatic carbocycles. The number of anilines is 1. The number of fused-ring (bicyclic) bond motifs is 1. The van der Waals surface area contributed by atoms with Gasteiger partial charge in [-0.1, -0.05) is 60.5 Å². The summed E-state index contributed by atoms with van der Waals surface area (Å²) in [7, 11) is 0. The number of ketones is 1. The average Bonchev–Trinajstić information content (AvgIpc) is 2.80. The highest BCUT2D eigenvalue weighted by atomic mass is 35.5. The Labute approximate surface area is 196 Å². The summed E-state index contributed by atoms with van der Waals surface area (Å²) in [6.07, 6.45) is 2.34. The molecule has 0 bridgehead atoms. The lowest BCUT2D eigenvalue weighted by molar-refractivity contribution is -0.116. The first-order valence-corrected chi connectivity index (χ1v) is 11.1. The van der Waals surface area contributed by atoms with Gasteiger partial charge in [0.1, 0.15) is 6.54 Å². The summed E-state index contributed by atoms with van der Waals surface area (Å²) in [5.41, 5.74) is 3.29. The Morgan fingerprint density at radius 2 is 1.76 bits per heavy atom. The summed E-state index contributed by atoms with van der Waals surface area (Å²) < 4.78 is 1.64. The van der Waals surface area contributed by atoms with Gasteiger partial charge in [-0.15, -0.1) is 0 Å². The van der Waals surface area contributed by atoms with Gasteiger partial charge in [0.25, 0.3) is 0 Å².